The molecule has 1 aromatic heterocycles. The molecule has 1 unspecified atom stereocenters. The molecule has 1 N–H and O–H groups in total. The van der Waals surface area contributed by atoms with Gasteiger partial charge < -0.3 is 9.63 Å². The van der Waals surface area contributed by atoms with E-state index in [-0.39, 0.29) is 18.3 Å². The van der Waals surface area contributed by atoms with Crippen LogP contribution in [0.25, 0.3) is 0 Å². The number of aliphatic hydroxyl groups excluding tert-OH is 1. The Bertz CT molecular complexity index is 373. The van der Waals surface area contributed by atoms with E-state index in [0.717, 1.165) is 6.42 Å². The van der Waals surface area contributed by atoms with E-state index in [0.29, 0.717) is 11.7 Å². The molecule has 0 radical (unpaired) electrons. The summed E-state index contributed by atoms with van der Waals surface area (Å²) in [5.41, 5.74) is 0.104. The summed E-state index contributed by atoms with van der Waals surface area (Å²) in [6.45, 7) is 6.27. The van der Waals surface area contributed by atoms with Crippen molar-refractivity contribution < 1.29 is 9.63 Å². The molecule has 0 saturated carbocycles. The Hall–Kier alpha value is -1.41. The zero-order chi connectivity index (χ0) is 12.2. The van der Waals surface area contributed by atoms with Crippen LogP contribution in [-0.2, 0) is 12.8 Å². The smallest absolute Gasteiger partial charge is 0.229 e. The van der Waals surface area contributed by atoms with Crippen molar-refractivity contribution in [1.29, 1.82) is 5.26 Å². The molecule has 0 fully saturated rings. The summed E-state index contributed by atoms with van der Waals surface area (Å²) >= 11 is 0. The van der Waals surface area contributed by atoms with Gasteiger partial charge in [0.2, 0.25) is 5.89 Å². The molecule has 0 aromatic carbocycles. The second-order valence-electron chi connectivity index (χ2n) is 5.06. The molecule has 88 valence electrons. The number of hydrogen-bond acceptors (Lipinski definition) is 5. The van der Waals surface area contributed by atoms with Crippen LogP contribution in [0.3, 0.4) is 0 Å². The van der Waals surface area contributed by atoms with Gasteiger partial charge >= 0.3 is 0 Å². The maximum absolute atomic E-state index is 9.39. The summed E-state index contributed by atoms with van der Waals surface area (Å²) in [7, 11) is 0. The summed E-state index contributed by atoms with van der Waals surface area (Å²) in [4.78, 5) is 4.17. The van der Waals surface area contributed by atoms with Gasteiger partial charge in [0.05, 0.1) is 25.0 Å². The Morgan fingerprint density at radius 1 is 1.50 bits per heavy atom. The predicted octanol–water partition coefficient (Wildman–Crippen LogP) is 1.48. The lowest BCUT2D eigenvalue weighted by Gasteiger charge is -2.14. The van der Waals surface area contributed by atoms with Crippen LogP contribution in [0.5, 0.6) is 0 Å². The van der Waals surface area contributed by atoms with Crippen LogP contribution in [0.1, 0.15) is 38.9 Å². The molecular weight excluding hydrogens is 206 g/mol. The van der Waals surface area contributed by atoms with Gasteiger partial charge in [-0.15, -0.1) is 0 Å². The van der Waals surface area contributed by atoms with Gasteiger partial charge in [-0.05, 0) is 5.41 Å². The SMILES string of the molecule is CC(C)(C)Cc1noc(CC(O)CC#N)n1. The van der Waals surface area contributed by atoms with E-state index in [1.165, 1.54) is 0 Å². The number of nitrogens with zero attached hydrogens (tertiary/aromatic N) is 3. The fourth-order valence-electron chi connectivity index (χ4n) is 1.30. The molecule has 0 amide bonds. The molecule has 16 heavy (non-hydrogen) atoms. The third kappa shape index (κ3) is 4.41. The van der Waals surface area contributed by atoms with Crippen LogP contribution in [-0.4, -0.2) is 21.4 Å². The summed E-state index contributed by atoms with van der Waals surface area (Å²) in [5, 5.41) is 21.6. The fourth-order valence-corrected chi connectivity index (χ4v) is 1.30. The molecule has 0 spiro atoms. The predicted molar refractivity (Wildman–Crippen MR) is 57.4 cm³/mol. The Balaban J connectivity index is 2.55. The molecule has 5 heteroatoms. The normalized spacial score (nSPS) is 13.4. The highest BCUT2D eigenvalue weighted by atomic mass is 16.5. The molecule has 0 aliphatic rings. The van der Waals surface area contributed by atoms with Gasteiger partial charge in [-0.1, -0.05) is 25.9 Å². The van der Waals surface area contributed by atoms with Crippen molar-refractivity contribution in [1.82, 2.24) is 10.1 Å². The van der Waals surface area contributed by atoms with Crippen molar-refractivity contribution >= 4 is 0 Å². The molecule has 0 bridgehead atoms. The largest absolute Gasteiger partial charge is 0.392 e. The van der Waals surface area contributed by atoms with Crippen molar-refractivity contribution in [3.8, 4) is 6.07 Å². The number of hydrogen-bond donors (Lipinski definition) is 1. The van der Waals surface area contributed by atoms with Crippen LogP contribution in [0.4, 0.5) is 0 Å². The Morgan fingerprint density at radius 2 is 2.19 bits per heavy atom. The highest BCUT2D eigenvalue weighted by molar-refractivity contribution is 4.92. The first-order chi connectivity index (χ1) is 7.40. The van der Waals surface area contributed by atoms with Crippen molar-refractivity contribution in [3.63, 3.8) is 0 Å². The molecule has 0 saturated heterocycles. The first-order valence-corrected chi connectivity index (χ1v) is 5.27. The highest BCUT2D eigenvalue weighted by Gasteiger charge is 2.17. The van der Waals surface area contributed by atoms with E-state index >= 15 is 0 Å². The lowest BCUT2D eigenvalue weighted by molar-refractivity contribution is 0.167. The molecule has 1 aromatic rings. The average Bonchev–Trinajstić information content (AvgIpc) is 2.49. The Morgan fingerprint density at radius 3 is 2.75 bits per heavy atom. The van der Waals surface area contributed by atoms with Crippen LogP contribution >= 0.6 is 0 Å². The molecule has 5 nitrogen and oxygen atoms in total. The van der Waals surface area contributed by atoms with Crippen LogP contribution < -0.4 is 0 Å². The lowest BCUT2D eigenvalue weighted by Crippen LogP contribution is -2.11. The number of aromatic nitrogens is 2. The van der Waals surface area contributed by atoms with Gasteiger partial charge in [-0.3, -0.25) is 0 Å². The minimum atomic E-state index is -0.729. The number of rotatable bonds is 4. The first kappa shape index (κ1) is 12.7. The third-order valence-corrected chi connectivity index (χ3v) is 1.94. The van der Waals surface area contributed by atoms with E-state index in [4.69, 9.17) is 9.78 Å². The molecule has 0 aliphatic carbocycles. The summed E-state index contributed by atoms with van der Waals surface area (Å²) < 4.78 is 5.00. The maximum Gasteiger partial charge on any atom is 0.229 e. The van der Waals surface area contributed by atoms with E-state index in [1.807, 2.05) is 6.07 Å². The van der Waals surface area contributed by atoms with E-state index in [9.17, 15) is 5.11 Å². The van der Waals surface area contributed by atoms with Crippen LogP contribution in [0.15, 0.2) is 4.52 Å². The van der Waals surface area contributed by atoms with Gasteiger partial charge in [-0.25, -0.2) is 0 Å². The van der Waals surface area contributed by atoms with Gasteiger partial charge in [0.15, 0.2) is 5.82 Å². The van der Waals surface area contributed by atoms with E-state index in [2.05, 4.69) is 30.9 Å². The van der Waals surface area contributed by atoms with E-state index in [1.54, 1.807) is 0 Å². The zero-order valence-electron chi connectivity index (χ0n) is 9.90. The van der Waals surface area contributed by atoms with Gasteiger partial charge in [0, 0.05) is 6.42 Å². The first-order valence-electron chi connectivity index (χ1n) is 5.27. The fraction of sp³-hybridized carbons (Fsp3) is 0.727. The molecule has 1 atom stereocenters. The van der Waals surface area contributed by atoms with Gasteiger partial charge in [-0.2, -0.15) is 10.2 Å². The van der Waals surface area contributed by atoms with Crippen molar-refractivity contribution in [2.75, 3.05) is 0 Å². The van der Waals surface area contributed by atoms with Crippen molar-refractivity contribution in [3.05, 3.63) is 11.7 Å². The average molecular weight is 223 g/mol. The topological polar surface area (TPSA) is 82.9 Å². The Kier molecular flexibility index (Phi) is 4.02. The Labute approximate surface area is 95.1 Å². The summed E-state index contributed by atoms with van der Waals surface area (Å²) in [6.07, 6.45) is 0.319. The number of nitriles is 1. The van der Waals surface area contributed by atoms with Crippen molar-refractivity contribution in [2.24, 2.45) is 5.41 Å². The number of aliphatic hydroxyl groups is 1. The molecule has 1 rings (SSSR count). The standard InChI is InChI=1S/C11H17N3O2/c1-11(2,3)7-9-13-10(16-14-9)6-8(15)4-5-12/h8,15H,4,6-7H2,1-3H3. The zero-order valence-corrected chi connectivity index (χ0v) is 9.90. The monoisotopic (exact) mass is 223 g/mol. The minimum Gasteiger partial charge on any atom is -0.392 e. The summed E-state index contributed by atoms with van der Waals surface area (Å²) in [5.74, 6) is 1.04. The van der Waals surface area contributed by atoms with Gasteiger partial charge in [0.1, 0.15) is 0 Å². The highest BCUT2D eigenvalue weighted by Crippen LogP contribution is 2.18. The summed E-state index contributed by atoms with van der Waals surface area (Å²) in [6, 6.07) is 1.89. The molecule has 1 heterocycles. The van der Waals surface area contributed by atoms with Crippen molar-refractivity contribution in [2.45, 2.75) is 46.1 Å². The molecule has 0 aliphatic heterocycles. The van der Waals surface area contributed by atoms with Gasteiger partial charge in [0.25, 0.3) is 0 Å². The molecular formula is C11H17N3O2. The lowest BCUT2D eigenvalue weighted by atomic mass is 9.92. The maximum atomic E-state index is 9.39. The minimum absolute atomic E-state index is 0.0803. The quantitative estimate of drug-likeness (QED) is 0.835. The second kappa shape index (κ2) is 5.08. The second-order valence-corrected chi connectivity index (χ2v) is 5.06. The third-order valence-electron chi connectivity index (χ3n) is 1.94. The van der Waals surface area contributed by atoms with E-state index < -0.39 is 6.10 Å². The van der Waals surface area contributed by atoms with Crippen LogP contribution in [0.2, 0.25) is 0 Å². The van der Waals surface area contributed by atoms with Crippen LogP contribution in [0, 0.1) is 16.7 Å².